The molecule has 0 spiro atoms. The third-order valence-electron chi connectivity index (χ3n) is 4.52. The monoisotopic (exact) mass is 333 g/mol. The molecule has 2 rings (SSSR count). The summed E-state index contributed by atoms with van der Waals surface area (Å²) in [5, 5.41) is 2.80. The number of benzene rings is 1. The summed E-state index contributed by atoms with van der Waals surface area (Å²) in [6, 6.07) is 5.67. The zero-order valence-electron chi connectivity index (χ0n) is 15.9. The lowest BCUT2D eigenvalue weighted by molar-refractivity contribution is 0.00578. The number of anilines is 1. The van der Waals surface area contributed by atoms with Crippen LogP contribution in [0.5, 0.6) is 0 Å². The van der Waals surface area contributed by atoms with E-state index in [2.05, 4.69) is 5.32 Å². The van der Waals surface area contributed by atoms with Crippen molar-refractivity contribution in [1.29, 1.82) is 0 Å². The maximum absolute atomic E-state index is 12.0. The van der Waals surface area contributed by atoms with Crippen molar-refractivity contribution in [2.24, 2.45) is 0 Å². The molecule has 5 nitrogen and oxygen atoms in total. The van der Waals surface area contributed by atoms with Crippen molar-refractivity contribution in [2.75, 3.05) is 5.32 Å². The van der Waals surface area contributed by atoms with Gasteiger partial charge in [-0.3, -0.25) is 5.32 Å². The minimum Gasteiger partial charge on any atom is -0.444 e. The van der Waals surface area contributed by atoms with Gasteiger partial charge in [-0.15, -0.1) is 0 Å². The lowest BCUT2D eigenvalue weighted by Gasteiger charge is -2.32. The second-order valence-electron chi connectivity index (χ2n) is 8.23. The van der Waals surface area contributed by atoms with Gasteiger partial charge in [-0.2, -0.15) is 0 Å². The van der Waals surface area contributed by atoms with Crippen LogP contribution in [-0.4, -0.2) is 30.0 Å². The van der Waals surface area contributed by atoms with Crippen molar-refractivity contribution in [3.63, 3.8) is 0 Å². The maximum Gasteiger partial charge on any atom is 0.495 e. The van der Waals surface area contributed by atoms with E-state index in [1.807, 2.05) is 73.6 Å². The largest absolute Gasteiger partial charge is 0.495 e. The quantitative estimate of drug-likeness (QED) is 0.840. The molecule has 0 aliphatic carbocycles. The number of carbonyl (C=O) groups is 1. The Morgan fingerprint density at radius 3 is 2.17 bits per heavy atom. The second kappa shape index (κ2) is 6.08. The Hall–Kier alpha value is -1.53. The average Bonchev–Trinajstić information content (AvgIpc) is 2.58. The third kappa shape index (κ3) is 3.93. The highest BCUT2D eigenvalue weighted by Gasteiger charge is 2.52. The second-order valence-corrected chi connectivity index (χ2v) is 8.23. The summed E-state index contributed by atoms with van der Waals surface area (Å²) in [6.07, 6.45) is -0.475. The molecule has 1 aromatic carbocycles. The first-order valence-corrected chi connectivity index (χ1v) is 8.27. The number of rotatable bonds is 2. The number of carbonyl (C=O) groups excluding carboxylic acids is 1. The van der Waals surface area contributed by atoms with Crippen molar-refractivity contribution < 1.29 is 18.8 Å². The van der Waals surface area contributed by atoms with E-state index in [0.717, 1.165) is 11.0 Å². The minimum atomic E-state index is -0.540. The van der Waals surface area contributed by atoms with Crippen LogP contribution in [0.15, 0.2) is 18.2 Å². The fourth-order valence-corrected chi connectivity index (χ4v) is 2.43. The fraction of sp³-hybridized carbons (Fsp3) is 0.611. The van der Waals surface area contributed by atoms with Crippen LogP contribution in [0.2, 0.25) is 0 Å². The molecule has 0 unspecified atom stereocenters. The van der Waals surface area contributed by atoms with Gasteiger partial charge >= 0.3 is 13.2 Å². The smallest absolute Gasteiger partial charge is 0.444 e. The van der Waals surface area contributed by atoms with Gasteiger partial charge in [0.1, 0.15) is 5.60 Å². The van der Waals surface area contributed by atoms with Gasteiger partial charge in [-0.05, 0) is 72.5 Å². The Bertz CT molecular complexity index is 618. The Kier molecular flexibility index (Phi) is 4.77. The summed E-state index contributed by atoms with van der Waals surface area (Å²) in [6.45, 7) is 15.5. The molecule has 1 N–H and O–H groups in total. The number of hydrogen-bond donors (Lipinski definition) is 1. The van der Waals surface area contributed by atoms with Crippen LogP contribution in [0.4, 0.5) is 10.5 Å². The summed E-state index contributed by atoms with van der Waals surface area (Å²) < 4.78 is 17.5. The molecule has 132 valence electrons. The summed E-state index contributed by atoms with van der Waals surface area (Å²) in [7, 11) is -0.463. The molecule has 0 bridgehead atoms. The molecule has 0 aromatic heterocycles. The van der Waals surface area contributed by atoms with Gasteiger partial charge in [0.15, 0.2) is 0 Å². The third-order valence-corrected chi connectivity index (χ3v) is 4.52. The lowest BCUT2D eigenvalue weighted by Crippen LogP contribution is -2.41. The summed E-state index contributed by atoms with van der Waals surface area (Å²) in [4.78, 5) is 12.0. The normalized spacial score (nSPS) is 19.2. The zero-order valence-corrected chi connectivity index (χ0v) is 15.9. The highest BCUT2D eigenvalue weighted by atomic mass is 16.7. The van der Waals surface area contributed by atoms with Gasteiger partial charge in [0.2, 0.25) is 0 Å². The van der Waals surface area contributed by atoms with E-state index in [9.17, 15) is 4.79 Å². The van der Waals surface area contributed by atoms with Crippen LogP contribution >= 0.6 is 0 Å². The molecule has 1 amide bonds. The van der Waals surface area contributed by atoms with Crippen molar-refractivity contribution in [1.82, 2.24) is 0 Å². The van der Waals surface area contributed by atoms with E-state index in [1.165, 1.54) is 0 Å². The number of amides is 1. The van der Waals surface area contributed by atoms with E-state index in [0.29, 0.717) is 5.69 Å². The molecule has 1 saturated heterocycles. The Morgan fingerprint density at radius 2 is 1.67 bits per heavy atom. The van der Waals surface area contributed by atoms with Crippen LogP contribution in [0, 0.1) is 6.92 Å². The van der Waals surface area contributed by atoms with Gasteiger partial charge in [-0.1, -0.05) is 12.1 Å². The molecule has 1 fully saturated rings. The van der Waals surface area contributed by atoms with Gasteiger partial charge in [0.05, 0.1) is 11.2 Å². The maximum atomic E-state index is 12.0. The standard InChI is InChI=1S/C18H28BNO4/c1-12-13(19-23-17(5,6)18(7,8)24-19)10-9-11-14(12)20-15(21)22-16(2,3)4/h9-11H,1-8H3,(H,20,21). The SMILES string of the molecule is Cc1c(NC(=O)OC(C)(C)C)cccc1B1OC(C)(C)C(C)(C)O1. The Labute approximate surface area is 145 Å². The van der Waals surface area contributed by atoms with E-state index >= 15 is 0 Å². The minimum absolute atomic E-state index is 0.404. The molecule has 1 aliphatic rings. The van der Waals surface area contributed by atoms with Gasteiger partial charge in [-0.25, -0.2) is 4.79 Å². The van der Waals surface area contributed by atoms with Crippen LogP contribution in [-0.2, 0) is 14.0 Å². The summed E-state index contributed by atoms with van der Waals surface area (Å²) in [5.74, 6) is 0. The zero-order chi connectivity index (χ0) is 18.3. The predicted molar refractivity (Wildman–Crippen MR) is 96.8 cm³/mol. The average molecular weight is 333 g/mol. The molecule has 0 radical (unpaired) electrons. The molecule has 6 heteroatoms. The first-order valence-electron chi connectivity index (χ1n) is 8.27. The lowest BCUT2D eigenvalue weighted by atomic mass is 9.76. The molecule has 1 aliphatic heterocycles. The van der Waals surface area contributed by atoms with E-state index in [-0.39, 0.29) is 0 Å². The number of nitrogens with one attached hydrogen (secondary N) is 1. The van der Waals surface area contributed by atoms with E-state index in [1.54, 1.807) is 0 Å². The van der Waals surface area contributed by atoms with Crippen molar-refractivity contribution >= 4 is 24.4 Å². The van der Waals surface area contributed by atoms with Crippen molar-refractivity contribution in [2.45, 2.75) is 72.2 Å². The van der Waals surface area contributed by atoms with Gasteiger partial charge in [0, 0.05) is 5.69 Å². The molecular formula is C18H28BNO4. The topological polar surface area (TPSA) is 56.8 Å². The highest BCUT2D eigenvalue weighted by molar-refractivity contribution is 6.62. The van der Waals surface area contributed by atoms with E-state index in [4.69, 9.17) is 14.0 Å². The first kappa shape index (κ1) is 18.8. The van der Waals surface area contributed by atoms with Crippen LogP contribution in [0.25, 0.3) is 0 Å². The van der Waals surface area contributed by atoms with Gasteiger partial charge < -0.3 is 14.0 Å². The van der Waals surface area contributed by atoms with Crippen LogP contribution in [0.3, 0.4) is 0 Å². The highest BCUT2D eigenvalue weighted by Crippen LogP contribution is 2.37. The van der Waals surface area contributed by atoms with Gasteiger partial charge in [0.25, 0.3) is 0 Å². The Morgan fingerprint density at radius 1 is 1.12 bits per heavy atom. The van der Waals surface area contributed by atoms with Crippen LogP contribution in [0.1, 0.15) is 54.0 Å². The summed E-state index contributed by atoms with van der Waals surface area (Å²) >= 11 is 0. The Balaban J connectivity index is 2.22. The van der Waals surface area contributed by atoms with E-state index < -0.39 is 30.0 Å². The first-order chi connectivity index (χ1) is 10.8. The van der Waals surface area contributed by atoms with Crippen molar-refractivity contribution in [3.05, 3.63) is 23.8 Å². The van der Waals surface area contributed by atoms with Crippen molar-refractivity contribution in [3.8, 4) is 0 Å². The molecule has 0 atom stereocenters. The number of ether oxygens (including phenoxy) is 1. The molecule has 24 heavy (non-hydrogen) atoms. The van der Waals surface area contributed by atoms with Crippen LogP contribution < -0.4 is 10.8 Å². The molecule has 1 heterocycles. The molecular weight excluding hydrogens is 305 g/mol. The fourth-order valence-electron chi connectivity index (χ4n) is 2.43. The predicted octanol–water partition coefficient (Wildman–Crippen LogP) is 3.64. The summed E-state index contributed by atoms with van der Waals surface area (Å²) in [5.41, 5.74) is 1.15. The molecule has 1 aromatic rings. The molecule has 0 saturated carbocycles. The number of hydrogen-bond acceptors (Lipinski definition) is 4.